The lowest BCUT2D eigenvalue weighted by atomic mass is 9.73. The van der Waals surface area contributed by atoms with E-state index in [0.29, 0.717) is 23.9 Å². The predicted molar refractivity (Wildman–Crippen MR) is 211 cm³/mol. The summed E-state index contributed by atoms with van der Waals surface area (Å²) in [5, 5.41) is 9.15. The Morgan fingerprint density at radius 3 is 1.82 bits per heavy atom. The van der Waals surface area contributed by atoms with Crippen LogP contribution in [0.25, 0.3) is 0 Å². The first-order valence-corrected chi connectivity index (χ1v) is 35.3. The normalized spacial score (nSPS) is 26.2. The molecule has 5 unspecified atom stereocenters. The lowest BCUT2D eigenvalue weighted by Crippen LogP contribution is -2.59. The quantitative estimate of drug-likeness (QED) is 0.0851. The molecule has 0 saturated heterocycles. The molecule has 49 heavy (non-hydrogen) atoms. The minimum Gasteiger partial charge on any atom is -0.619 e. The number of carbonyl (C=O) groups excluding carboxylic acids is 2. The van der Waals surface area contributed by atoms with Crippen molar-refractivity contribution in [1.29, 1.82) is 0 Å². The maximum Gasteiger partial charge on any atom is 0.360 e. The maximum absolute atomic E-state index is 13.6. The van der Waals surface area contributed by atoms with Gasteiger partial charge in [-0.05, 0) is 122 Å². The molecule has 0 heterocycles. The van der Waals surface area contributed by atoms with Crippen molar-refractivity contribution in [3.8, 4) is 0 Å². The van der Waals surface area contributed by atoms with E-state index in [1.807, 2.05) is 26.6 Å². The molecule has 1 radical (unpaired) electrons. The Balaban J connectivity index is 2.14. The van der Waals surface area contributed by atoms with Crippen LogP contribution in [0.4, 0.5) is 0 Å². The fourth-order valence-corrected chi connectivity index (χ4v) is 30.6. The highest BCUT2D eigenvalue weighted by molar-refractivity contribution is 8.34. The molecule has 0 bridgehead atoms. The zero-order valence-electron chi connectivity index (χ0n) is 31.8. The second-order valence-electron chi connectivity index (χ2n) is 16.4. The van der Waals surface area contributed by atoms with E-state index in [1.54, 1.807) is 6.92 Å². The molecule has 2 aliphatic carbocycles. The zero-order valence-corrected chi connectivity index (χ0v) is 39.4. The Hall–Kier alpha value is 0.524. The van der Waals surface area contributed by atoms with Crippen LogP contribution in [0.2, 0.25) is 71.0 Å². The van der Waals surface area contributed by atoms with Gasteiger partial charge in [-0.15, -0.1) is 0 Å². The van der Waals surface area contributed by atoms with Crippen molar-refractivity contribution in [1.82, 2.24) is 0 Å². The first-order chi connectivity index (χ1) is 22.6. The molecule has 18 heteroatoms. The van der Waals surface area contributed by atoms with Gasteiger partial charge in [0, 0.05) is 23.3 Å². The van der Waals surface area contributed by atoms with Crippen LogP contribution in [0.5, 0.6) is 0 Å². The van der Waals surface area contributed by atoms with E-state index in [1.165, 1.54) is 0 Å². The van der Waals surface area contributed by atoms with E-state index in [0.717, 1.165) is 60.9 Å². The highest BCUT2D eigenvalue weighted by atomic mass is 32.9. The number of hydrogen-bond acceptors (Lipinski definition) is 11. The Morgan fingerprint density at radius 2 is 1.33 bits per heavy atom. The van der Waals surface area contributed by atoms with Crippen LogP contribution in [0.1, 0.15) is 65.2 Å². The van der Waals surface area contributed by atoms with E-state index < -0.39 is 67.8 Å². The van der Waals surface area contributed by atoms with Crippen LogP contribution in [0, 0.1) is 23.7 Å². The molecule has 1 N–H and O–H groups in total. The Labute approximate surface area is 311 Å². The largest absolute Gasteiger partial charge is 0.619 e. The third-order valence-electron chi connectivity index (χ3n) is 9.04. The number of aliphatic hydroxyl groups is 1. The van der Waals surface area contributed by atoms with Gasteiger partial charge in [-0.2, -0.15) is 0 Å². The van der Waals surface area contributed by atoms with Crippen molar-refractivity contribution < 1.29 is 45.5 Å². The SMILES string of the molecule is CC(C[Si](C)(O[Si](C)(C)C)O[Si](C)(CC(C)C(=O)OC1CCC(C2CCC([P+]([O-])=S=S)CC2)CC1)O[Si](C)O[Si](C)(C)C)C(=O)OCCO. The maximum atomic E-state index is 13.6. The van der Waals surface area contributed by atoms with Gasteiger partial charge in [0.2, 0.25) is 0 Å². The minimum absolute atomic E-state index is 0.0522. The average Bonchev–Trinajstić information content (AvgIpc) is 2.97. The number of esters is 2. The van der Waals surface area contributed by atoms with Gasteiger partial charge in [0.05, 0.1) is 18.4 Å². The predicted octanol–water partition coefficient (Wildman–Crippen LogP) is 6.67. The molecule has 10 nitrogen and oxygen atoms in total. The summed E-state index contributed by atoms with van der Waals surface area (Å²) in [6.45, 7) is 20.7. The lowest BCUT2D eigenvalue weighted by molar-refractivity contribution is -0.155. The Kier molecular flexibility index (Phi) is 18.9. The van der Waals surface area contributed by atoms with E-state index in [2.05, 4.69) is 39.3 Å². The van der Waals surface area contributed by atoms with E-state index in [9.17, 15) is 14.5 Å². The van der Waals surface area contributed by atoms with Crippen LogP contribution in [-0.4, -0.2) is 85.1 Å². The van der Waals surface area contributed by atoms with E-state index in [-0.39, 0.29) is 30.9 Å². The second-order valence-corrected chi connectivity index (χ2v) is 38.8. The van der Waals surface area contributed by atoms with E-state index in [4.69, 9.17) is 42.2 Å². The molecular formula is C31H64O10PS2Si5. The van der Waals surface area contributed by atoms with Crippen molar-refractivity contribution >= 4 is 82.6 Å². The number of hydrogen-bond donors (Lipinski definition) is 1. The van der Waals surface area contributed by atoms with Gasteiger partial charge in [-0.25, -0.2) is 0 Å². The Bertz CT molecular complexity index is 1130. The van der Waals surface area contributed by atoms with Crippen molar-refractivity contribution in [2.75, 3.05) is 13.2 Å². The van der Waals surface area contributed by atoms with Crippen molar-refractivity contribution in [2.45, 2.75) is 148 Å². The summed E-state index contributed by atoms with van der Waals surface area (Å²) >= 11 is 4.97. The van der Waals surface area contributed by atoms with Gasteiger partial charge < -0.3 is 35.9 Å². The molecule has 0 aliphatic heterocycles. The summed E-state index contributed by atoms with van der Waals surface area (Å²) in [5.74, 6) is -0.283. The molecule has 0 amide bonds. The first kappa shape index (κ1) is 45.7. The number of ether oxygens (including phenoxy) is 2. The summed E-state index contributed by atoms with van der Waals surface area (Å²) in [6.07, 6.45) is 7.98. The van der Waals surface area contributed by atoms with Crippen molar-refractivity contribution in [3.05, 3.63) is 0 Å². The van der Waals surface area contributed by atoms with Crippen LogP contribution in [0.3, 0.4) is 0 Å². The molecule has 0 aromatic rings. The molecule has 2 fully saturated rings. The van der Waals surface area contributed by atoms with Crippen LogP contribution < -0.4 is 4.89 Å². The second kappa shape index (κ2) is 20.3. The molecule has 285 valence electrons. The monoisotopic (exact) mass is 831 g/mol. The smallest absolute Gasteiger partial charge is 0.360 e. The highest BCUT2D eigenvalue weighted by Gasteiger charge is 2.49. The fourth-order valence-electron chi connectivity index (χ4n) is 7.44. The molecule has 2 saturated carbocycles. The third kappa shape index (κ3) is 17.0. The fraction of sp³-hybridized carbons (Fsp3) is 0.935. The molecule has 0 aromatic heterocycles. The number of carbonyl (C=O) groups is 2. The van der Waals surface area contributed by atoms with Crippen molar-refractivity contribution in [3.63, 3.8) is 0 Å². The lowest BCUT2D eigenvalue weighted by Gasteiger charge is -2.43. The standard InChI is InChI=1S/C31H64O10PS2Si5/c1-24(30(33)36-21-20-32)23-49(11,40-47(7,8)9)41-48(10,39-45(3)38-46(4,5)6)22-25(2)31(34)37-28-16-12-26(13-17-28)27-14-18-29(19-15-27)42(35)44-43/h24-29,32H,12-23H2,1-11H3. The molecule has 0 spiro atoms. The van der Waals surface area contributed by atoms with Gasteiger partial charge in [-0.3, -0.25) is 9.59 Å². The Morgan fingerprint density at radius 1 is 0.816 bits per heavy atom. The number of rotatable bonds is 19. The van der Waals surface area contributed by atoms with Gasteiger partial charge in [0.1, 0.15) is 34.8 Å². The van der Waals surface area contributed by atoms with Gasteiger partial charge in [-0.1, -0.05) is 13.8 Å². The third-order valence-corrected chi connectivity index (χ3v) is 29.8. The molecule has 5 atom stereocenters. The molecular weight excluding hydrogens is 768 g/mol. The summed E-state index contributed by atoms with van der Waals surface area (Å²) in [5.41, 5.74) is 0.265. The summed E-state index contributed by atoms with van der Waals surface area (Å²) < 4.78 is 38.4. The number of aliphatic hydroxyl groups excluding tert-OH is 1. The first-order valence-electron chi connectivity index (χ1n) is 17.9. The molecule has 0 aromatic carbocycles. The average molecular weight is 832 g/mol. The van der Waals surface area contributed by atoms with Crippen molar-refractivity contribution in [2.24, 2.45) is 23.7 Å². The zero-order chi connectivity index (χ0) is 37.2. The van der Waals surface area contributed by atoms with Crippen LogP contribution in [0.15, 0.2) is 0 Å². The summed E-state index contributed by atoms with van der Waals surface area (Å²) in [4.78, 5) is 38.5. The van der Waals surface area contributed by atoms with Gasteiger partial charge in [0.25, 0.3) is 0 Å². The topological polar surface area (TPSA) is 133 Å². The van der Waals surface area contributed by atoms with E-state index >= 15 is 0 Å². The van der Waals surface area contributed by atoms with Crippen LogP contribution in [-0.2, 0) is 56.2 Å². The molecule has 2 rings (SSSR count). The van der Waals surface area contributed by atoms with Gasteiger partial charge >= 0.3 is 38.3 Å². The van der Waals surface area contributed by atoms with Crippen LogP contribution >= 0.6 is 6.92 Å². The highest BCUT2D eigenvalue weighted by Crippen LogP contribution is 2.43. The molecule has 2 aliphatic rings. The summed E-state index contributed by atoms with van der Waals surface area (Å²) in [7, 11) is -10.9. The minimum atomic E-state index is -3.14. The summed E-state index contributed by atoms with van der Waals surface area (Å²) in [6, 6.07) is 0.746. The van der Waals surface area contributed by atoms with Gasteiger partial charge in [0.15, 0.2) is 16.6 Å².